The van der Waals surface area contributed by atoms with Gasteiger partial charge in [-0.1, -0.05) is 6.92 Å². The molecule has 2 N–H and O–H groups in total. The molecule has 0 amide bonds. The highest BCUT2D eigenvalue weighted by Crippen LogP contribution is 2.29. The highest BCUT2D eigenvalue weighted by atomic mass is 32.2. The molecule has 1 aliphatic heterocycles. The summed E-state index contributed by atoms with van der Waals surface area (Å²) in [7, 11) is -3.63. The third-order valence-electron chi connectivity index (χ3n) is 3.80. The zero-order chi connectivity index (χ0) is 15.1. The molecule has 112 valence electrons. The van der Waals surface area contributed by atoms with E-state index < -0.39 is 16.0 Å². The quantitative estimate of drug-likeness (QED) is 0.889. The van der Waals surface area contributed by atoms with Crippen LogP contribution in [0.4, 0.5) is 0 Å². The van der Waals surface area contributed by atoms with Gasteiger partial charge in [0.15, 0.2) is 0 Å². The van der Waals surface area contributed by atoms with E-state index in [4.69, 9.17) is 5.11 Å². The number of aromatic nitrogens is 1. The topological polar surface area (TPSA) is 90.5 Å². The molecule has 0 radical (unpaired) electrons. The summed E-state index contributed by atoms with van der Waals surface area (Å²) < 4.78 is 26.9. The van der Waals surface area contributed by atoms with Crippen LogP contribution < -0.4 is 0 Å². The Morgan fingerprint density at radius 2 is 2.05 bits per heavy atom. The molecule has 0 saturated carbocycles. The van der Waals surface area contributed by atoms with Gasteiger partial charge in [-0.2, -0.15) is 4.31 Å². The van der Waals surface area contributed by atoms with Gasteiger partial charge in [-0.15, -0.1) is 0 Å². The number of rotatable bonds is 3. The summed E-state index contributed by atoms with van der Waals surface area (Å²) in [5.74, 6) is -0.809. The Morgan fingerprint density at radius 3 is 2.55 bits per heavy atom. The van der Waals surface area contributed by atoms with Crippen molar-refractivity contribution in [3.63, 3.8) is 0 Å². The number of nitrogens with zero attached hydrogens (tertiary/aromatic N) is 1. The molecule has 1 fully saturated rings. The number of hydrogen-bond donors (Lipinski definition) is 2. The van der Waals surface area contributed by atoms with Crippen molar-refractivity contribution in [2.45, 2.75) is 38.5 Å². The summed E-state index contributed by atoms with van der Waals surface area (Å²) in [6.07, 6.45) is 1.87. The van der Waals surface area contributed by atoms with E-state index in [-0.39, 0.29) is 16.2 Å². The molecule has 2 heterocycles. The van der Waals surface area contributed by atoms with Gasteiger partial charge in [0, 0.05) is 24.3 Å². The lowest BCUT2D eigenvalue weighted by atomic mass is 10.0. The van der Waals surface area contributed by atoms with Crippen LogP contribution >= 0.6 is 0 Å². The van der Waals surface area contributed by atoms with E-state index in [0.29, 0.717) is 24.7 Å². The van der Waals surface area contributed by atoms with Gasteiger partial charge in [0.1, 0.15) is 10.6 Å². The fraction of sp³-hybridized carbons (Fsp3) is 0.615. The largest absolute Gasteiger partial charge is 0.477 e. The second-order valence-corrected chi connectivity index (χ2v) is 7.37. The zero-order valence-corrected chi connectivity index (χ0v) is 12.7. The Morgan fingerprint density at radius 1 is 1.40 bits per heavy atom. The van der Waals surface area contributed by atoms with Crippen LogP contribution in [0.5, 0.6) is 0 Å². The molecule has 0 spiro atoms. The van der Waals surface area contributed by atoms with Gasteiger partial charge in [-0.3, -0.25) is 0 Å². The summed E-state index contributed by atoms with van der Waals surface area (Å²) >= 11 is 0. The minimum absolute atomic E-state index is 0.0499. The first kappa shape index (κ1) is 15.1. The zero-order valence-electron chi connectivity index (χ0n) is 11.9. The average Bonchev–Trinajstić information content (AvgIpc) is 2.65. The molecule has 1 aromatic rings. The van der Waals surface area contributed by atoms with Crippen LogP contribution in [0.2, 0.25) is 0 Å². The van der Waals surface area contributed by atoms with Gasteiger partial charge in [0.25, 0.3) is 0 Å². The molecule has 0 bridgehead atoms. The van der Waals surface area contributed by atoms with Crippen molar-refractivity contribution in [3.05, 3.63) is 17.0 Å². The molecular formula is C13H20N2O4S. The number of sulfonamides is 1. The van der Waals surface area contributed by atoms with E-state index in [1.807, 2.05) is 6.92 Å². The minimum atomic E-state index is -3.63. The Kier molecular flexibility index (Phi) is 3.93. The number of carbonyl (C=O) groups is 1. The first-order valence-electron chi connectivity index (χ1n) is 6.67. The summed E-state index contributed by atoms with van der Waals surface area (Å²) in [5.41, 5.74) is 0.623. The van der Waals surface area contributed by atoms with Crippen molar-refractivity contribution in [1.29, 1.82) is 0 Å². The third-order valence-corrected chi connectivity index (χ3v) is 5.94. The highest BCUT2D eigenvalue weighted by molar-refractivity contribution is 7.89. The number of piperidine rings is 1. The normalized spacial score (nSPS) is 21.1. The van der Waals surface area contributed by atoms with Gasteiger partial charge in [0.05, 0.1) is 0 Å². The molecule has 1 unspecified atom stereocenters. The van der Waals surface area contributed by atoms with Crippen molar-refractivity contribution in [2.24, 2.45) is 5.92 Å². The van der Waals surface area contributed by atoms with E-state index in [1.165, 1.54) is 11.2 Å². The van der Waals surface area contributed by atoms with Crippen LogP contribution in [0.25, 0.3) is 0 Å². The minimum Gasteiger partial charge on any atom is -0.477 e. The fourth-order valence-corrected chi connectivity index (χ4v) is 4.83. The lowest BCUT2D eigenvalue weighted by Gasteiger charge is -2.30. The van der Waals surface area contributed by atoms with Crippen molar-refractivity contribution in [3.8, 4) is 0 Å². The van der Waals surface area contributed by atoms with E-state index in [1.54, 1.807) is 6.92 Å². The molecule has 20 heavy (non-hydrogen) atoms. The molecule has 7 heteroatoms. The number of carboxylic acids is 1. The van der Waals surface area contributed by atoms with Gasteiger partial charge in [0.2, 0.25) is 10.0 Å². The predicted molar refractivity (Wildman–Crippen MR) is 74.4 cm³/mol. The van der Waals surface area contributed by atoms with E-state index >= 15 is 0 Å². The van der Waals surface area contributed by atoms with E-state index in [9.17, 15) is 13.2 Å². The van der Waals surface area contributed by atoms with Crippen molar-refractivity contribution < 1.29 is 18.3 Å². The van der Waals surface area contributed by atoms with Gasteiger partial charge in [-0.25, -0.2) is 13.2 Å². The van der Waals surface area contributed by atoms with Gasteiger partial charge >= 0.3 is 5.97 Å². The van der Waals surface area contributed by atoms with E-state index in [0.717, 1.165) is 12.8 Å². The Labute approximate surface area is 118 Å². The van der Waals surface area contributed by atoms with Crippen LogP contribution in [0.15, 0.2) is 4.90 Å². The average molecular weight is 300 g/mol. The number of hydrogen-bond acceptors (Lipinski definition) is 3. The van der Waals surface area contributed by atoms with Crippen molar-refractivity contribution in [1.82, 2.24) is 9.29 Å². The number of nitrogens with one attached hydrogen (secondary N) is 1. The molecule has 2 rings (SSSR count). The monoisotopic (exact) mass is 300 g/mol. The molecular weight excluding hydrogens is 280 g/mol. The standard InChI is InChI=1S/C13H20N2O4S/c1-8-5-4-6-15(7-8)20(18,19)12-9(2)11(13(16)17)14-10(12)3/h8,14H,4-7H2,1-3H3,(H,16,17). The highest BCUT2D eigenvalue weighted by Gasteiger charge is 2.33. The van der Waals surface area contributed by atoms with Crippen LogP contribution in [0.1, 0.15) is 41.5 Å². The number of aromatic amines is 1. The third kappa shape index (κ3) is 2.47. The van der Waals surface area contributed by atoms with Crippen LogP contribution in [-0.4, -0.2) is 41.9 Å². The Hall–Kier alpha value is -1.34. The summed E-state index contributed by atoms with van der Waals surface area (Å²) in [6.45, 7) is 6.15. The lowest BCUT2D eigenvalue weighted by Crippen LogP contribution is -2.39. The number of aryl methyl sites for hydroxylation is 1. The van der Waals surface area contributed by atoms with Crippen LogP contribution in [0.3, 0.4) is 0 Å². The molecule has 1 aliphatic rings. The van der Waals surface area contributed by atoms with Gasteiger partial charge in [-0.05, 0) is 32.6 Å². The summed E-state index contributed by atoms with van der Waals surface area (Å²) in [6, 6.07) is 0. The van der Waals surface area contributed by atoms with Gasteiger partial charge < -0.3 is 10.1 Å². The molecule has 0 aliphatic carbocycles. The summed E-state index contributed by atoms with van der Waals surface area (Å²) in [5, 5.41) is 9.08. The maximum atomic E-state index is 12.7. The Balaban J connectivity index is 2.47. The lowest BCUT2D eigenvalue weighted by molar-refractivity contribution is 0.0690. The second-order valence-electron chi connectivity index (χ2n) is 5.49. The first-order chi connectivity index (χ1) is 9.25. The smallest absolute Gasteiger partial charge is 0.352 e. The van der Waals surface area contributed by atoms with Crippen LogP contribution in [0, 0.1) is 19.8 Å². The molecule has 6 nitrogen and oxygen atoms in total. The number of carboxylic acid groups (broad SMARTS) is 1. The molecule has 1 aromatic heterocycles. The van der Waals surface area contributed by atoms with Crippen LogP contribution in [-0.2, 0) is 10.0 Å². The van der Waals surface area contributed by atoms with Crippen molar-refractivity contribution in [2.75, 3.05) is 13.1 Å². The molecule has 0 aromatic carbocycles. The second kappa shape index (κ2) is 5.21. The Bertz CT molecular complexity index is 633. The number of H-pyrrole nitrogens is 1. The fourth-order valence-electron chi connectivity index (χ4n) is 2.83. The predicted octanol–water partition coefficient (Wildman–Crippen LogP) is 1.75. The van der Waals surface area contributed by atoms with E-state index in [2.05, 4.69) is 4.98 Å². The SMILES string of the molecule is Cc1[nH]c(C(=O)O)c(C)c1S(=O)(=O)N1CCCC(C)C1. The molecule has 1 saturated heterocycles. The summed E-state index contributed by atoms with van der Waals surface area (Å²) in [4.78, 5) is 13.9. The van der Waals surface area contributed by atoms with Crippen molar-refractivity contribution >= 4 is 16.0 Å². The first-order valence-corrected chi connectivity index (χ1v) is 8.11. The number of aromatic carboxylic acids is 1. The maximum absolute atomic E-state index is 12.7. The maximum Gasteiger partial charge on any atom is 0.352 e. The molecule has 1 atom stereocenters.